The monoisotopic (exact) mass is 155 g/mol. The predicted octanol–water partition coefficient (Wildman–Crippen LogP) is 1.60. The number of hydrogen-bond acceptors (Lipinski definition) is 2. The van der Waals surface area contributed by atoms with E-state index in [0.717, 1.165) is 5.06 Å². The van der Waals surface area contributed by atoms with Crippen LogP contribution in [0.25, 0.3) is 0 Å². The molecule has 0 amide bonds. The SMILES string of the molecule is CC1(C)N(O)C1(Cl)Cl. The van der Waals surface area contributed by atoms with E-state index >= 15 is 0 Å². The molecule has 1 aliphatic heterocycles. The molecule has 0 bridgehead atoms. The first-order valence-electron chi connectivity index (χ1n) is 2.28. The third-order valence-corrected chi connectivity index (χ3v) is 2.73. The smallest absolute Gasteiger partial charge is 0.213 e. The Hall–Kier alpha value is 0.500. The molecular formula is C4H7Cl2NO. The summed E-state index contributed by atoms with van der Waals surface area (Å²) in [7, 11) is 0. The van der Waals surface area contributed by atoms with Gasteiger partial charge in [0, 0.05) is 0 Å². The average Bonchev–Trinajstić information content (AvgIpc) is 1.88. The number of halogens is 2. The Morgan fingerprint density at radius 3 is 1.50 bits per heavy atom. The van der Waals surface area contributed by atoms with E-state index in [2.05, 4.69) is 0 Å². The van der Waals surface area contributed by atoms with Gasteiger partial charge < -0.3 is 5.21 Å². The molecule has 1 saturated heterocycles. The lowest BCUT2D eigenvalue weighted by molar-refractivity contribution is -0.00571. The van der Waals surface area contributed by atoms with Crippen LogP contribution < -0.4 is 0 Å². The van der Waals surface area contributed by atoms with Crippen LogP contribution >= 0.6 is 23.2 Å². The number of hydroxylamine groups is 2. The summed E-state index contributed by atoms with van der Waals surface area (Å²) in [5, 5.41) is 9.70. The van der Waals surface area contributed by atoms with Crippen molar-refractivity contribution in [2.24, 2.45) is 0 Å². The van der Waals surface area contributed by atoms with E-state index in [-0.39, 0.29) is 0 Å². The molecule has 0 saturated carbocycles. The first-order valence-corrected chi connectivity index (χ1v) is 3.03. The van der Waals surface area contributed by atoms with Gasteiger partial charge in [-0.3, -0.25) is 0 Å². The molecule has 2 nitrogen and oxygen atoms in total. The fourth-order valence-electron chi connectivity index (χ4n) is 0.483. The van der Waals surface area contributed by atoms with Crippen molar-refractivity contribution in [3.63, 3.8) is 0 Å². The highest BCUT2D eigenvalue weighted by Crippen LogP contribution is 2.55. The Balaban J connectivity index is 2.72. The van der Waals surface area contributed by atoms with Crippen LogP contribution in [0.4, 0.5) is 0 Å². The number of nitrogens with zero attached hydrogens (tertiary/aromatic N) is 1. The summed E-state index contributed by atoms with van der Waals surface area (Å²) in [6, 6.07) is 0. The molecule has 1 heterocycles. The summed E-state index contributed by atoms with van der Waals surface area (Å²) < 4.78 is -1.06. The van der Waals surface area contributed by atoms with Gasteiger partial charge in [-0.05, 0) is 13.8 Å². The Morgan fingerprint density at radius 2 is 1.50 bits per heavy atom. The van der Waals surface area contributed by atoms with Gasteiger partial charge in [-0.2, -0.15) is 0 Å². The van der Waals surface area contributed by atoms with E-state index in [0.29, 0.717) is 0 Å². The first kappa shape index (κ1) is 6.62. The highest BCUT2D eigenvalue weighted by molar-refractivity contribution is 6.51. The largest absolute Gasteiger partial charge is 0.310 e. The maximum atomic E-state index is 8.79. The molecule has 0 radical (unpaired) electrons. The van der Waals surface area contributed by atoms with Gasteiger partial charge in [-0.25, -0.2) is 0 Å². The van der Waals surface area contributed by atoms with Gasteiger partial charge in [0.1, 0.15) is 0 Å². The summed E-state index contributed by atoms with van der Waals surface area (Å²) >= 11 is 11.0. The zero-order valence-electron chi connectivity index (χ0n) is 4.65. The molecule has 8 heavy (non-hydrogen) atoms. The van der Waals surface area contributed by atoms with Crippen molar-refractivity contribution in [2.75, 3.05) is 0 Å². The van der Waals surface area contributed by atoms with Crippen molar-refractivity contribution in [3.05, 3.63) is 0 Å². The van der Waals surface area contributed by atoms with Gasteiger partial charge in [0.15, 0.2) is 0 Å². The Labute approximate surface area is 57.9 Å². The normalized spacial score (nSPS) is 39.4. The minimum Gasteiger partial charge on any atom is -0.310 e. The van der Waals surface area contributed by atoms with E-state index in [1.807, 2.05) is 0 Å². The molecule has 0 aromatic heterocycles. The zero-order chi connectivity index (χ0) is 6.58. The molecule has 0 aromatic carbocycles. The van der Waals surface area contributed by atoms with Crippen molar-refractivity contribution in [1.82, 2.24) is 5.06 Å². The minimum atomic E-state index is -1.06. The lowest BCUT2D eigenvalue weighted by atomic mass is 10.2. The molecule has 0 aliphatic carbocycles. The van der Waals surface area contributed by atoms with Crippen LogP contribution in [0.1, 0.15) is 13.8 Å². The van der Waals surface area contributed by atoms with Gasteiger partial charge >= 0.3 is 0 Å². The maximum absolute atomic E-state index is 8.79. The lowest BCUT2D eigenvalue weighted by Crippen LogP contribution is -2.05. The summed E-state index contributed by atoms with van der Waals surface area (Å²) in [4.78, 5) is 0. The maximum Gasteiger partial charge on any atom is 0.213 e. The van der Waals surface area contributed by atoms with E-state index < -0.39 is 10.00 Å². The molecule has 48 valence electrons. The molecule has 1 N–H and O–H groups in total. The third-order valence-electron chi connectivity index (χ3n) is 1.48. The van der Waals surface area contributed by atoms with Crippen LogP contribution in [0.15, 0.2) is 0 Å². The first-order chi connectivity index (χ1) is 3.40. The minimum absolute atomic E-state index is 0.476. The zero-order valence-corrected chi connectivity index (χ0v) is 6.16. The Morgan fingerprint density at radius 1 is 1.38 bits per heavy atom. The molecule has 0 spiro atoms. The topological polar surface area (TPSA) is 23.2 Å². The van der Waals surface area contributed by atoms with Crippen LogP contribution in [0.5, 0.6) is 0 Å². The standard InChI is InChI=1S/C4H7Cl2NO/c1-3(2)4(5,6)7(3)8/h8H,1-2H3. The van der Waals surface area contributed by atoms with Gasteiger partial charge in [0.2, 0.25) is 4.46 Å². The van der Waals surface area contributed by atoms with Crippen LogP contribution in [-0.4, -0.2) is 20.3 Å². The van der Waals surface area contributed by atoms with Crippen molar-refractivity contribution in [2.45, 2.75) is 23.8 Å². The molecule has 1 unspecified atom stereocenters. The van der Waals surface area contributed by atoms with E-state index in [4.69, 9.17) is 28.4 Å². The van der Waals surface area contributed by atoms with Crippen molar-refractivity contribution >= 4 is 23.2 Å². The van der Waals surface area contributed by atoms with Gasteiger partial charge in [-0.1, -0.05) is 23.2 Å². The predicted molar refractivity (Wildman–Crippen MR) is 32.1 cm³/mol. The second kappa shape index (κ2) is 1.32. The molecule has 1 fully saturated rings. The van der Waals surface area contributed by atoms with Crippen LogP contribution in [0, 0.1) is 0 Å². The van der Waals surface area contributed by atoms with Crippen molar-refractivity contribution in [3.8, 4) is 0 Å². The van der Waals surface area contributed by atoms with E-state index in [9.17, 15) is 0 Å². The van der Waals surface area contributed by atoms with Crippen molar-refractivity contribution < 1.29 is 5.21 Å². The summed E-state index contributed by atoms with van der Waals surface area (Å²) in [5.41, 5.74) is -0.476. The summed E-state index contributed by atoms with van der Waals surface area (Å²) in [6.07, 6.45) is 0. The second-order valence-electron chi connectivity index (χ2n) is 2.41. The number of rotatable bonds is 0. The number of alkyl halides is 2. The van der Waals surface area contributed by atoms with E-state index in [1.165, 1.54) is 0 Å². The summed E-state index contributed by atoms with van der Waals surface area (Å²) in [6.45, 7) is 3.51. The summed E-state index contributed by atoms with van der Waals surface area (Å²) in [5.74, 6) is 0. The van der Waals surface area contributed by atoms with Gasteiger partial charge in [0.25, 0.3) is 0 Å². The second-order valence-corrected chi connectivity index (χ2v) is 3.70. The van der Waals surface area contributed by atoms with Gasteiger partial charge in [-0.15, -0.1) is 5.06 Å². The van der Waals surface area contributed by atoms with E-state index in [1.54, 1.807) is 13.8 Å². The van der Waals surface area contributed by atoms with Gasteiger partial charge in [0.05, 0.1) is 5.54 Å². The van der Waals surface area contributed by atoms with Crippen LogP contribution in [-0.2, 0) is 0 Å². The fourth-order valence-corrected chi connectivity index (χ4v) is 0.981. The lowest BCUT2D eigenvalue weighted by Gasteiger charge is -1.93. The molecular weight excluding hydrogens is 149 g/mol. The van der Waals surface area contributed by atoms with Crippen LogP contribution in [0.2, 0.25) is 0 Å². The fraction of sp³-hybridized carbons (Fsp3) is 1.00. The van der Waals surface area contributed by atoms with Crippen molar-refractivity contribution in [1.29, 1.82) is 0 Å². The molecule has 1 aliphatic rings. The Kier molecular flexibility index (Phi) is 1.09. The molecule has 4 heteroatoms. The quantitative estimate of drug-likeness (QED) is 0.327. The highest BCUT2D eigenvalue weighted by Gasteiger charge is 2.69. The molecule has 1 rings (SSSR count). The molecule has 0 aromatic rings. The third kappa shape index (κ3) is 0.517. The molecule has 1 atom stereocenters. The Bertz CT molecular complexity index is 109. The average molecular weight is 156 g/mol. The van der Waals surface area contributed by atoms with Crippen LogP contribution in [0.3, 0.4) is 0 Å². The number of hydrogen-bond donors (Lipinski definition) is 1. The highest BCUT2D eigenvalue weighted by atomic mass is 35.5.